The van der Waals surface area contributed by atoms with E-state index >= 15 is 0 Å². The molecule has 0 saturated carbocycles. The zero-order valence-electron chi connectivity index (χ0n) is 15.2. The number of hydrogen-bond acceptors (Lipinski definition) is 5. The summed E-state index contributed by atoms with van der Waals surface area (Å²) in [5.41, 5.74) is 3.56. The maximum absolute atomic E-state index is 10.4. The molecular formula is C22H24O5. The number of ether oxygens (including phenoxy) is 2. The van der Waals surface area contributed by atoms with Crippen LogP contribution in [0.4, 0.5) is 0 Å². The molecular weight excluding hydrogens is 344 g/mol. The largest absolute Gasteiger partial charge is 0.496 e. The molecule has 1 heterocycles. The van der Waals surface area contributed by atoms with E-state index in [1.807, 2.05) is 42.5 Å². The van der Waals surface area contributed by atoms with E-state index < -0.39 is 24.4 Å². The van der Waals surface area contributed by atoms with Crippen molar-refractivity contribution >= 4 is 0 Å². The first-order valence-corrected chi connectivity index (χ1v) is 8.90. The van der Waals surface area contributed by atoms with Gasteiger partial charge in [-0.1, -0.05) is 24.1 Å². The van der Waals surface area contributed by atoms with E-state index in [-0.39, 0.29) is 13.0 Å². The molecule has 4 atom stereocenters. The summed E-state index contributed by atoms with van der Waals surface area (Å²) in [7, 11) is 1.61. The van der Waals surface area contributed by atoms with Crippen LogP contribution < -0.4 is 4.74 Å². The molecule has 142 valence electrons. The Morgan fingerprint density at radius 3 is 2.56 bits per heavy atom. The molecule has 0 amide bonds. The zero-order valence-corrected chi connectivity index (χ0v) is 15.2. The van der Waals surface area contributed by atoms with Crippen LogP contribution in [0, 0.1) is 12.3 Å². The molecule has 3 N–H and O–H groups in total. The Labute approximate surface area is 159 Å². The maximum atomic E-state index is 10.4. The predicted molar refractivity (Wildman–Crippen MR) is 102 cm³/mol. The van der Waals surface area contributed by atoms with E-state index in [4.69, 9.17) is 15.9 Å². The Kier molecular flexibility index (Phi) is 6.15. The number of terminal acetylenes is 1. The minimum Gasteiger partial charge on any atom is -0.496 e. The van der Waals surface area contributed by atoms with E-state index in [0.717, 1.165) is 28.0 Å². The van der Waals surface area contributed by atoms with Gasteiger partial charge in [-0.3, -0.25) is 0 Å². The maximum Gasteiger partial charge on any atom is 0.122 e. The smallest absolute Gasteiger partial charge is 0.122 e. The zero-order chi connectivity index (χ0) is 19.4. The second-order valence-corrected chi connectivity index (χ2v) is 6.74. The first-order valence-electron chi connectivity index (χ1n) is 8.90. The summed E-state index contributed by atoms with van der Waals surface area (Å²) in [6.45, 7) is -0.204. The summed E-state index contributed by atoms with van der Waals surface area (Å²) in [5, 5.41) is 29.8. The molecule has 0 spiro atoms. The fourth-order valence-corrected chi connectivity index (χ4v) is 3.40. The van der Waals surface area contributed by atoms with Crippen LogP contribution in [0.3, 0.4) is 0 Å². The average molecular weight is 368 g/mol. The molecule has 3 rings (SSSR count). The second-order valence-electron chi connectivity index (χ2n) is 6.74. The van der Waals surface area contributed by atoms with Crippen molar-refractivity contribution in [2.24, 2.45) is 0 Å². The minimum absolute atomic E-state index is 0.204. The summed E-state index contributed by atoms with van der Waals surface area (Å²) in [6.07, 6.45) is 3.02. The van der Waals surface area contributed by atoms with Crippen LogP contribution in [0.1, 0.15) is 34.8 Å². The van der Waals surface area contributed by atoms with Crippen LogP contribution in [0.5, 0.6) is 5.75 Å². The van der Waals surface area contributed by atoms with Gasteiger partial charge in [0.2, 0.25) is 0 Å². The van der Waals surface area contributed by atoms with Gasteiger partial charge in [-0.05, 0) is 41.0 Å². The van der Waals surface area contributed by atoms with Gasteiger partial charge in [-0.25, -0.2) is 0 Å². The molecule has 0 bridgehead atoms. The topological polar surface area (TPSA) is 79.2 Å². The van der Waals surface area contributed by atoms with Crippen LogP contribution >= 0.6 is 0 Å². The minimum atomic E-state index is -1.05. The van der Waals surface area contributed by atoms with Crippen molar-refractivity contribution in [3.8, 4) is 18.1 Å². The summed E-state index contributed by atoms with van der Waals surface area (Å²) in [6, 6.07) is 13.3. The second kappa shape index (κ2) is 8.55. The quantitative estimate of drug-likeness (QED) is 0.702. The highest BCUT2D eigenvalue weighted by molar-refractivity contribution is 5.43. The van der Waals surface area contributed by atoms with Gasteiger partial charge in [0.15, 0.2) is 0 Å². The highest BCUT2D eigenvalue weighted by Gasteiger charge is 2.37. The number of hydrogen-bond donors (Lipinski definition) is 3. The fraction of sp³-hybridized carbons (Fsp3) is 0.364. The van der Waals surface area contributed by atoms with Crippen molar-refractivity contribution in [2.75, 3.05) is 13.7 Å². The molecule has 27 heavy (non-hydrogen) atoms. The van der Waals surface area contributed by atoms with Crippen LogP contribution in [-0.4, -0.2) is 47.3 Å². The third-order valence-electron chi connectivity index (χ3n) is 4.90. The average Bonchev–Trinajstić information content (AvgIpc) is 2.70. The lowest BCUT2D eigenvalue weighted by atomic mass is 9.91. The predicted octanol–water partition coefficient (Wildman–Crippen LogP) is 1.81. The van der Waals surface area contributed by atoms with Gasteiger partial charge in [0.25, 0.3) is 0 Å². The van der Waals surface area contributed by atoms with E-state index in [0.29, 0.717) is 6.42 Å². The van der Waals surface area contributed by atoms with Crippen LogP contribution in [0.15, 0.2) is 42.5 Å². The van der Waals surface area contributed by atoms with Gasteiger partial charge >= 0.3 is 0 Å². The summed E-state index contributed by atoms with van der Waals surface area (Å²) < 4.78 is 11.3. The molecule has 5 heteroatoms. The molecule has 2 aromatic rings. The first-order chi connectivity index (χ1) is 13.0. The van der Waals surface area contributed by atoms with Crippen LogP contribution in [-0.2, 0) is 11.2 Å². The van der Waals surface area contributed by atoms with Crippen molar-refractivity contribution in [1.29, 1.82) is 0 Å². The van der Waals surface area contributed by atoms with Crippen molar-refractivity contribution in [1.82, 2.24) is 0 Å². The highest BCUT2D eigenvalue weighted by Crippen LogP contribution is 2.34. The third-order valence-corrected chi connectivity index (χ3v) is 4.90. The Morgan fingerprint density at radius 1 is 1.19 bits per heavy atom. The SMILES string of the molecule is C#Cc1ccc(Cc2cc([C@@H]3O[C@H](CO)C[C@H](O)[C@H]3O)ccc2OC)cc1. The highest BCUT2D eigenvalue weighted by atomic mass is 16.5. The van der Waals surface area contributed by atoms with Crippen LogP contribution in [0.25, 0.3) is 0 Å². The van der Waals surface area contributed by atoms with Gasteiger partial charge in [-0.2, -0.15) is 0 Å². The molecule has 0 aliphatic carbocycles. The molecule has 1 aliphatic heterocycles. The lowest BCUT2D eigenvalue weighted by Gasteiger charge is -2.37. The number of methoxy groups -OCH3 is 1. The number of aliphatic hydroxyl groups is 3. The van der Waals surface area contributed by atoms with Crippen LogP contribution in [0.2, 0.25) is 0 Å². The van der Waals surface area contributed by atoms with Gasteiger partial charge in [-0.15, -0.1) is 6.42 Å². The number of aliphatic hydroxyl groups excluding tert-OH is 3. The Balaban J connectivity index is 1.89. The van der Waals surface area contributed by atoms with Crippen molar-refractivity contribution in [3.63, 3.8) is 0 Å². The normalized spacial score (nSPS) is 25.0. The summed E-state index contributed by atoms with van der Waals surface area (Å²) in [5.74, 6) is 3.32. The van der Waals surface area contributed by atoms with Crippen molar-refractivity contribution in [2.45, 2.75) is 37.3 Å². The van der Waals surface area contributed by atoms with Gasteiger partial charge in [0, 0.05) is 18.4 Å². The number of rotatable bonds is 5. The Hall–Kier alpha value is -2.36. The fourth-order valence-electron chi connectivity index (χ4n) is 3.40. The summed E-state index contributed by atoms with van der Waals surface area (Å²) in [4.78, 5) is 0. The monoisotopic (exact) mass is 368 g/mol. The summed E-state index contributed by atoms with van der Waals surface area (Å²) >= 11 is 0. The molecule has 1 aliphatic rings. The molecule has 0 unspecified atom stereocenters. The standard InChI is InChI=1S/C22H24O5/c1-3-14-4-6-15(7-5-14)10-17-11-16(8-9-20(17)26-2)22-21(25)19(24)12-18(13-23)27-22/h1,4-9,11,18-19,21-25H,10,12-13H2,2H3/t18-,19-,21+,22-/m0/s1. The van der Waals surface area contributed by atoms with E-state index in [2.05, 4.69) is 5.92 Å². The van der Waals surface area contributed by atoms with Crippen molar-refractivity contribution in [3.05, 3.63) is 64.7 Å². The van der Waals surface area contributed by atoms with E-state index in [1.54, 1.807) is 7.11 Å². The molecule has 0 radical (unpaired) electrons. The molecule has 0 aromatic heterocycles. The molecule has 5 nitrogen and oxygen atoms in total. The van der Waals surface area contributed by atoms with Gasteiger partial charge < -0.3 is 24.8 Å². The Bertz CT molecular complexity index is 808. The molecule has 1 saturated heterocycles. The molecule has 2 aromatic carbocycles. The lowest BCUT2D eigenvalue weighted by Crippen LogP contribution is -2.44. The van der Waals surface area contributed by atoms with Gasteiger partial charge in [0.05, 0.1) is 25.9 Å². The first kappa shape index (κ1) is 19.4. The van der Waals surface area contributed by atoms with E-state index in [1.165, 1.54) is 0 Å². The number of benzene rings is 2. The van der Waals surface area contributed by atoms with Crippen molar-refractivity contribution < 1.29 is 24.8 Å². The Morgan fingerprint density at radius 2 is 1.93 bits per heavy atom. The lowest BCUT2D eigenvalue weighted by molar-refractivity contribution is -0.179. The third kappa shape index (κ3) is 4.32. The molecule has 1 fully saturated rings. The van der Waals surface area contributed by atoms with E-state index in [9.17, 15) is 15.3 Å². The van der Waals surface area contributed by atoms with Gasteiger partial charge in [0.1, 0.15) is 18.0 Å².